The molecule has 6 heteroatoms. The van der Waals surface area contributed by atoms with Crippen LogP contribution in [0.3, 0.4) is 0 Å². The van der Waals surface area contributed by atoms with Crippen LogP contribution in [-0.4, -0.2) is 26.1 Å². The first-order valence-corrected chi connectivity index (χ1v) is 8.98. The highest BCUT2D eigenvalue weighted by atomic mass is 16.1. The minimum Gasteiger partial charge on any atom is -0.369 e. The van der Waals surface area contributed by atoms with Gasteiger partial charge < -0.3 is 5.32 Å². The molecule has 2 aromatic heterocycles. The van der Waals surface area contributed by atoms with Crippen molar-refractivity contribution in [2.24, 2.45) is 0 Å². The van der Waals surface area contributed by atoms with Gasteiger partial charge in [0, 0.05) is 24.2 Å². The lowest BCUT2D eigenvalue weighted by molar-refractivity contribution is 0.599. The molecule has 132 valence electrons. The Morgan fingerprint density at radius 3 is 2.11 bits per heavy atom. The summed E-state index contributed by atoms with van der Waals surface area (Å²) < 4.78 is 1.65. The van der Waals surface area contributed by atoms with Crippen molar-refractivity contribution in [1.82, 2.24) is 19.5 Å². The van der Waals surface area contributed by atoms with Crippen molar-refractivity contribution in [2.45, 2.75) is 13.0 Å². The molecule has 27 heavy (non-hydrogen) atoms. The van der Waals surface area contributed by atoms with Crippen LogP contribution in [0.1, 0.15) is 6.42 Å². The second-order valence-electron chi connectivity index (χ2n) is 6.50. The Morgan fingerprint density at radius 1 is 0.815 bits per heavy atom. The number of nitrogens with zero attached hydrogens (tertiary/aromatic N) is 4. The van der Waals surface area contributed by atoms with Crippen LogP contribution in [0.5, 0.6) is 0 Å². The summed E-state index contributed by atoms with van der Waals surface area (Å²) >= 11 is 0. The predicted molar refractivity (Wildman–Crippen MR) is 106 cm³/mol. The van der Waals surface area contributed by atoms with E-state index < -0.39 is 0 Å². The molecule has 0 saturated carbocycles. The summed E-state index contributed by atoms with van der Waals surface area (Å²) in [6, 6.07) is 19.9. The van der Waals surface area contributed by atoms with Crippen LogP contribution in [0.4, 0.5) is 5.82 Å². The fourth-order valence-corrected chi connectivity index (χ4v) is 3.46. The molecular formula is C21H17N5O. The van der Waals surface area contributed by atoms with Gasteiger partial charge in [0.15, 0.2) is 5.65 Å². The van der Waals surface area contributed by atoms with Gasteiger partial charge in [0.05, 0.1) is 11.4 Å². The lowest BCUT2D eigenvalue weighted by Gasteiger charge is -2.21. The Morgan fingerprint density at radius 2 is 1.44 bits per heavy atom. The van der Waals surface area contributed by atoms with Crippen molar-refractivity contribution >= 4 is 17.0 Å². The number of anilines is 1. The Kier molecular flexibility index (Phi) is 3.67. The maximum Gasteiger partial charge on any atom is 0.351 e. The smallest absolute Gasteiger partial charge is 0.351 e. The highest BCUT2D eigenvalue weighted by molar-refractivity contribution is 5.89. The molecule has 3 heterocycles. The third kappa shape index (κ3) is 2.66. The zero-order valence-electron chi connectivity index (χ0n) is 14.6. The fraction of sp³-hybridized carbons (Fsp3) is 0.143. The third-order valence-corrected chi connectivity index (χ3v) is 4.75. The van der Waals surface area contributed by atoms with Crippen molar-refractivity contribution in [3.8, 4) is 22.5 Å². The van der Waals surface area contributed by atoms with Gasteiger partial charge in [-0.05, 0) is 6.42 Å². The molecule has 0 aliphatic carbocycles. The van der Waals surface area contributed by atoms with Crippen molar-refractivity contribution in [3.05, 3.63) is 71.1 Å². The first kappa shape index (κ1) is 15.7. The summed E-state index contributed by atoms with van der Waals surface area (Å²) in [6.45, 7) is 1.45. The fourth-order valence-electron chi connectivity index (χ4n) is 3.46. The number of hydrogen-bond acceptors (Lipinski definition) is 5. The standard InChI is InChI=1S/C21H17N5O/c27-21-25-19-18(20-22-12-7-13-26(20)21)23-16(14-8-3-1-4-9-14)17(24-19)15-10-5-2-6-11-15/h1-6,8-11,22H,7,12-13H2. The zero-order valence-corrected chi connectivity index (χ0v) is 14.6. The van der Waals surface area contributed by atoms with Crippen LogP contribution < -0.4 is 11.0 Å². The normalized spacial score (nSPS) is 13.2. The maximum absolute atomic E-state index is 12.4. The number of fused-ring (bicyclic) bond motifs is 3. The minimum absolute atomic E-state index is 0.287. The topological polar surface area (TPSA) is 72.7 Å². The Balaban J connectivity index is 1.87. The van der Waals surface area contributed by atoms with Gasteiger partial charge in [0.25, 0.3) is 0 Å². The van der Waals surface area contributed by atoms with Gasteiger partial charge >= 0.3 is 5.69 Å². The van der Waals surface area contributed by atoms with Crippen LogP contribution in [-0.2, 0) is 6.54 Å². The van der Waals surface area contributed by atoms with E-state index >= 15 is 0 Å². The lowest BCUT2D eigenvalue weighted by atomic mass is 10.0. The summed E-state index contributed by atoms with van der Waals surface area (Å²) in [5, 5.41) is 3.30. The van der Waals surface area contributed by atoms with Gasteiger partial charge in [-0.1, -0.05) is 60.7 Å². The van der Waals surface area contributed by atoms with E-state index in [1.54, 1.807) is 4.57 Å². The van der Waals surface area contributed by atoms with Crippen molar-refractivity contribution in [3.63, 3.8) is 0 Å². The van der Waals surface area contributed by atoms with E-state index in [9.17, 15) is 4.79 Å². The number of benzene rings is 2. The first-order chi connectivity index (χ1) is 13.3. The van der Waals surface area contributed by atoms with Crippen LogP contribution in [0.25, 0.3) is 33.7 Å². The van der Waals surface area contributed by atoms with Crippen LogP contribution in [0, 0.1) is 0 Å². The molecule has 0 unspecified atom stereocenters. The van der Waals surface area contributed by atoms with Crippen LogP contribution >= 0.6 is 0 Å². The molecule has 5 rings (SSSR count). The van der Waals surface area contributed by atoms with Crippen molar-refractivity contribution < 1.29 is 0 Å². The molecule has 0 fully saturated rings. The number of aromatic nitrogens is 4. The molecule has 2 aromatic carbocycles. The molecule has 0 amide bonds. The third-order valence-electron chi connectivity index (χ3n) is 4.75. The predicted octanol–water partition coefficient (Wildman–Crippen LogP) is 3.34. The van der Waals surface area contributed by atoms with E-state index in [-0.39, 0.29) is 5.69 Å². The molecule has 4 aromatic rings. The van der Waals surface area contributed by atoms with Crippen LogP contribution in [0.15, 0.2) is 65.5 Å². The van der Waals surface area contributed by atoms with E-state index in [4.69, 9.17) is 9.97 Å². The number of hydrogen-bond donors (Lipinski definition) is 1. The average Bonchev–Trinajstić information content (AvgIpc) is 2.74. The Hall–Kier alpha value is -3.54. The summed E-state index contributed by atoms with van der Waals surface area (Å²) in [6.07, 6.45) is 0.890. The van der Waals surface area contributed by atoms with Crippen molar-refractivity contribution in [2.75, 3.05) is 11.9 Å². The molecule has 1 aliphatic heterocycles. The number of rotatable bonds is 2. The van der Waals surface area contributed by atoms with Gasteiger partial charge in [0.2, 0.25) is 0 Å². The van der Waals surface area contributed by atoms with Gasteiger partial charge in [-0.3, -0.25) is 4.57 Å². The molecule has 0 atom stereocenters. The zero-order chi connectivity index (χ0) is 18.2. The molecule has 0 bridgehead atoms. The Labute approximate surface area is 155 Å². The highest BCUT2D eigenvalue weighted by Crippen LogP contribution is 2.32. The SMILES string of the molecule is O=c1nc2nc(-c3ccccc3)c(-c3ccccc3)nc2c2n1CCCN2. The quantitative estimate of drug-likeness (QED) is 0.597. The lowest BCUT2D eigenvalue weighted by Crippen LogP contribution is -2.31. The molecule has 1 aliphatic rings. The van der Waals surface area contributed by atoms with Gasteiger partial charge in [-0.25, -0.2) is 14.8 Å². The van der Waals surface area contributed by atoms with Gasteiger partial charge in [-0.2, -0.15) is 4.98 Å². The van der Waals surface area contributed by atoms with Crippen LogP contribution in [0.2, 0.25) is 0 Å². The molecule has 0 radical (unpaired) electrons. The van der Waals surface area contributed by atoms with E-state index in [0.29, 0.717) is 23.5 Å². The van der Waals surface area contributed by atoms with Gasteiger partial charge in [-0.15, -0.1) is 0 Å². The summed E-state index contributed by atoms with van der Waals surface area (Å²) in [4.78, 5) is 26.3. The molecule has 0 spiro atoms. The second-order valence-corrected chi connectivity index (χ2v) is 6.50. The molecule has 1 N–H and O–H groups in total. The second kappa shape index (κ2) is 6.32. The summed E-state index contributed by atoms with van der Waals surface area (Å²) in [7, 11) is 0. The molecule has 0 saturated heterocycles. The average molecular weight is 355 g/mol. The summed E-state index contributed by atoms with van der Waals surface area (Å²) in [5.74, 6) is 0.709. The largest absolute Gasteiger partial charge is 0.369 e. The molecule has 6 nitrogen and oxygen atoms in total. The minimum atomic E-state index is -0.287. The maximum atomic E-state index is 12.4. The van der Waals surface area contributed by atoms with E-state index in [1.807, 2.05) is 60.7 Å². The van der Waals surface area contributed by atoms with E-state index in [0.717, 1.165) is 35.5 Å². The first-order valence-electron chi connectivity index (χ1n) is 8.98. The van der Waals surface area contributed by atoms with Gasteiger partial charge in [0.1, 0.15) is 11.3 Å². The molecular weight excluding hydrogens is 338 g/mol. The Bertz CT molecular complexity index is 1190. The van der Waals surface area contributed by atoms with E-state index in [2.05, 4.69) is 10.3 Å². The van der Waals surface area contributed by atoms with E-state index in [1.165, 1.54) is 0 Å². The van der Waals surface area contributed by atoms with Crippen molar-refractivity contribution in [1.29, 1.82) is 0 Å². The summed E-state index contributed by atoms with van der Waals surface area (Å²) in [5.41, 5.74) is 4.15. The number of nitrogens with one attached hydrogen (secondary N) is 1. The highest BCUT2D eigenvalue weighted by Gasteiger charge is 2.20. The monoisotopic (exact) mass is 355 g/mol.